The van der Waals surface area contributed by atoms with Gasteiger partial charge in [-0.15, -0.1) is 0 Å². The predicted octanol–water partition coefficient (Wildman–Crippen LogP) is 2.57. The molecule has 1 aromatic heterocycles. The van der Waals surface area contributed by atoms with Crippen LogP contribution in [0, 0.1) is 0 Å². The van der Waals surface area contributed by atoms with Crippen LogP contribution in [0.5, 0.6) is 0 Å². The fourth-order valence-corrected chi connectivity index (χ4v) is 1.83. The largest absolute Gasteiger partial charge is 0.334 e. The SMILES string of the molecule is CCCC(CC)NCc1nccn1CC. The van der Waals surface area contributed by atoms with E-state index in [0.29, 0.717) is 6.04 Å². The third-order valence-corrected chi connectivity index (χ3v) is 2.82. The van der Waals surface area contributed by atoms with E-state index in [4.69, 9.17) is 0 Å². The lowest BCUT2D eigenvalue weighted by Crippen LogP contribution is -2.28. The van der Waals surface area contributed by atoms with Crippen LogP contribution in [0.15, 0.2) is 12.4 Å². The zero-order chi connectivity index (χ0) is 11.1. The Morgan fingerprint density at radius 1 is 1.40 bits per heavy atom. The van der Waals surface area contributed by atoms with Gasteiger partial charge in [-0.05, 0) is 19.8 Å². The molecule has 1 rings (SSSR count). The van der Waals surface area contributed by atoms with Gasteiger partial charge in [-0.2, -0.15) is 0 Å². The van der Waals surface area contributed by atoms with Crippen LogP contribution in [0.25, 0.3) is 0 Å². The molecule has 0 fully saturated rings. The molecule has 15 heavy (non-hydrogen) atoms. The number of aryl methyl sites for hydroxylation is 1. The minimum atomic E-state index is 0.636. The summed E-state index contributed by atoms with van der Waals surface area (Å²) >= 11 is 0. The van der Waals surface area contributed by atoms with Crippen LogP contribution >= 0.6 is 0 Å². The summed E-state index contributed by atoms with van der Waals surface area (Å²) in [6.45, 7) is 8.51. The summed E-state index contributed by atoms with van der Waals surface area (Å²) in [4.78, 5) is 4.35. The molecule has 3 nitrogen and oxygen atoms in total. The molecule has 1 unspecified atom stereocenters. The van der Waals surface area contributed by atoms with Crippen molar-refractivity contribution >= 4 is 0 Å². The van der Waals surface area contributed by atoms with E-state index in [-0.39, 0.29) is 0 Å². The first-order valence-corrected chi connectivity index (χ1v) is 6.05. The lowest BCUT2D eigenvalue weighted by atomic mass is 10.1. The summed E-state index contributed by atoms with van der Waals surface area (Å²) < 4.78 is 2.19. The number of nitrogens with zero attached hydrogens (tertiary/aromatic N) is 2. The van der Waals surface area contributed by atoms with Gasteiger partial charge in [0.05, 0.1) is 6.54 Å². The Morgan fingerprint density at radius 2 is 2.20 bits per heavy atom. The van der Waals surface area contributed by atoms with E-state index >= 15 is 0 Å². The normalized spacial score (nSPS) is 13.0. The monoisotopic (exact) mass is 209 g/mol. The predicted molar refractivity (Wildman–Crippen MR) is 63.7 cm³/mol. The van der Waals surface area contributed by atoms with Crippen LogP contribution in [-0.4, -0.2) is 15.6 Å². The molecule has 0 aromatic carbocycles. The van der Waals surface area contributed by atoms with Crippen LogP contribution in [0.4, 0.5) is 0 Å². The van der Waals surface area contributed by atoms with E-state index in [1.807, 2.05) is 12.4 Å². The number of nitrogens with one attached hydrogen (secondary N) is 1. The van der Waals surface area contributed by atoms with E-state index in [2.05, 4.69) is 35.6 Å². The lowest BCUT2D eigenvalue weighted by Gasteiger charge is -2.16. The summed E-state index contributed by atoms with van der Waals surface area (Å²) in [5.41, 5.74) is 0. The molecular formula is C12H23N3. The van der Waals surface area contributed by atoms with Crippen LogP contribution in [0.2, 0.25) is 0 Å². The quantitative estimate of drug-likeness (QED) is 0.748. The molecule has 1 atom stereocenters. The smallest absolute Gasteiger partial charge is 0.122 e. The Hall–Kier alpha value is -0.830. The highest BCUT2D eigenvalue weighted by Gasteiger charge is 2.06. The average molecular weight is 209 g/mol. The Morgan fingerprint density at radius 3 is 2.80 bits per heavy atom. The number of hydrogen-bond acceptors (Lipinski definition) is 2. The van der Waals surface area contributed by atoms with E-state index in [9.17, 15) is 0 Å². The third kappa shape index (κ3) is 3.67. The van der Waals surface area contributed by atoms with Gasteiger partial charge in [-0.25, -0.2) is 4.98 Å². The highest BCUT2D eigenvalue weighted by Crippen LogP contribution is 2.03. The van der Waals surface area contributed by atoms with Gasteiger partial charge in [0.15, 0.2) is 0 Å². The number of imidazole rings is 1. The molecule has 0 aliphatic carbocycles. The lowest BCUT2D eigenvalue weighted by molar-refractivity contribution is 0.449. The second-order valence-corrected chi connectivity index (χ2v) is 3.90. The summed E-state index contributed by atoms with van der Waals surface area (Å²) in [6, 6.07) is 0.636. The van der Waals surface area contributed by atoms with Crippen molar-refractivity contribution in [2.75, 3.05) is 0 Å². The topological polar surface area (TPSA) is 29.9 Å². The molecule has 0 bridgehead atoms. The standard InChI is InChI=1S/C12H23N3/c1-4-7-11(5-2)14-10-12-13-8-9-15(12)6-3/h8-9,11,14H,4-7,10H2,1-3H3. The van der Waals surface area contributed by atoms with Crippen molar-refractivity contribution in [1.82, 2.24) is 14.9 Å². The molecular weight excluding hydrogens is 186 g/mol. The molecule has 0 aliphatic rings. The van der Waals surface area contributed by atoms with E-state index in [1.54, 1.807) is 0 Å². The van der Waals surface area contributed by atoms with Crippen molar-refractivity contribution in [2.45, 2.75) is 59.2 Å². The fourth-order valence-electron chi connectivity index (χ4n) is 1.83. The second-order valence-electron chi connectivity index (χ2n) is 3.90. The first-order valence-electron chi connectivity index (χ1n) is 6.05. The number of rotatable bonds is 7. The molecule has 0 spiro atoms. The Bertz CT molecular complexity index is 268. The number of aromatic nitrogens is 2. The van der Waals surface area contributed by atoms with E-state index in [0.717, 1.165) is 18.9 Å². The minimum absolute atomic E-state index is 0.636. The van der Waals surface area contributed by atoms with Gasteiger partial charge in [0.25, 0.3) is 0 Å². The zero-order valence-corrected chi connectivity index (χ0v) is 10.2. The minimum Gasteiger partial charge on any atom is -0.334 e. The van der Waals surface area contributed by atoms with Gasteiger partial charge in [-0.1, -0.05) is 20.3 Å². The fraction of sp³-hybridized carbons (Fsp3) is 0.750. The van der Waals surface area contributed by atoms with Gasteiger partial charge in [-0.3, -0.25) is 0 Å². The average Bonchev–Trinajstić information content (AvgIpc) is 2.71. The van der Waals surface area contributed by atoms with Crippen LogP contribution in [0.3, 0.4) is 0 Å². The Balaban J connectivity index is 2.41. The molecule has 0 saturated carbocycles. The molecule has 0 aliphatic heterocycles. The van der Waals surface area contributed by atoms with Crippen LogP contribution < -0.4 is 5.32 Å². The molecule has 0 radical (unpaired) electrons. The van der Waals surface area contributed by atoms with E-state index < -0.39 is 0 Å². The van der Waals surface area contributed by atoms with Crippen LogP contribution in [0.1, 0.15) is 45.9 Å². The second kappa shape index (κ2) is 6.62. The molecule has 3 heteroatoms. The maximum absolute atomic E-state index is 4.35. The van der Waals surface area contributed by atoms with Gasteiger partial charge >= 0.3 is 0 Å². The van der Waals surface area contributed by atoms with Crippen molar-refractivity contribution in [2.24, 2.45) is 0 Å². The van der Waals surface area contributed by atoms with Crippen molar-refractivity contribution in [3.05, 3.63) is 18.2 Å². The summed E-state index contributed by atoms with van der Waals surface area (Å²) in [7, 11) is 0. The van der Waals surface area contributed by atoms with Crippen molar-refractivity contribution in [3.8, 4) is 0 Å². The summed E-state index contributed by atoms with van der Waals surface area (Å²) in [5.74, 6) is 1.15. The molecule has 1 aromatic rings. The Kier molecular flexibility index (Phi) is 5.40. The maximum Gasteiger partial charge on any atom is 0.122 e. The number of hydrogen-bond donors (Lipinski definition) is 1. The van der Waals surface area contributed by atoms with Crippen molar-refractivity contribution in [3.63, 3.8) is 0 Å². The third-order valence-electron chi connectivity index (χ3n) is 2.82. The Labute approximate surface area is 92.9 Å². The van der Waals surface area contributed by atoms with Gasteiger partial charge < -0.3 is 9.88 Å². The van der Waals surface area contributed by atoms with Gasteiger partial charge in [0.2, 0.25) is 0 Å². The first kappa shape index (κ1) is 12.2. The summed E-state index contributed by atoms with van der Waals surface area (Å²) in [5, 5.41) is 3.56. The molecule has 86 valence electrons. The highest BCUT2D eigenvalue weighted by atomic mass is 15.1. The molecule has 1 N–H and O–H groups in total. The molecule has 0 saturated heterocycles. The van der Waals surface area contributed by atoms with E-state index in [1.165, 1.54) is 19.3 Å². The maximum atomic E-state index is 4.35. The van der Waals surface area contributed by atoms with Crippen LogP contribution in [-0.2, 0) is 13.1 Å². The van der Waals surface area contributed by atoms with Crippen molar-refractivity contribution in [1.29, 1.82) is 0 Å². The van der Waals surface area contributed by atoms with Gasteiger partial charge in [0, 0.05) is 25.0 Å². The highest BCUT2D eigenvalue weighted by molar-refractivity contribution is 4.92. The first-order chi connectivity index (χ1) is 7.31. The van der Waals surface area contributed by atoms with Crippen molar-refractivity contribution < 1.29 is 0 Å². The molecule has 1 heterocycles. The zero-order valence-electron chi connectivity index (χ0n) is 10.2. The van der Waals surface area contributed by atoms with Gasteiger partial charge in [0.1, 0.15) is 5.82 Å². The summed E-state index contributed by atoms with van der Waals surface area (Å²) in [6.07, 6.45) is 7.61. The molecule has 0 amide bonds.